The SMILES string of the molecule is N#CCC(=O)Nc1cc(S(=O)(=O)O)ccc1Cl. The van der Waals surface area contributed by atoms with Crippen LogP contribution in [0.1, 0.15) is 6.42 Å². The molecule has 1 rings (SSSR count). The summed E-state index contributed by atoms with van der Waals surface area (Å²) in [6.45, 7) is 0. The fraction of sp³-hybridized carbons (Fsp3) is 0.111. The number of carbonyl (C=O) groups is 1. The van der Waals surface area contributed by atoms with Gasteiger partial charge in [-0.2, -0.15) is 13.7 Å². The van der Waals surface area contributed by atoms with Gasteiger partial charge in [0, 0.05) is 0 Å². The van der Waals surface area contributed by atoms with Crippen LogP contribution in [0.25, 0.3) is 0 Å². The van der Waals surface area contributed by atoms with Gasteiger partial charge in [0.15, 0.2) is 0 Å². The highest BCUT2D eigenvalue weighted by Gasteiger charge is 2.13. The van der Waals surface area contributed by atoms with E-state index in [-0.39, 0.29) is 17.1 Å². The van der Waals surface area contributed by atoms with E-state index >= 15 is 0 Å². The smallest absolute Gasteiger partial charge is 0.294 e. The molecule has 0 spiro atoms. The van der Waals surface area contributed by atoms with Crippen LogP contribution in [0.3, 0.4) is 0 Å². The number of anilines is 1. The van der Waals surface area contributed by atoms with Crippen LogP contribution < -0.4 is 5.32 Å². The molecule has 0 atom stereocenters. The first-order valence-corrected chi connectivity index (χ1v) is 6.10. The fourth-order valence-electron chi connectivity index (χ4n) is 1.03. The van der Waals surface area contributed by atoms with Gasteiger partial charge in [-0.05, 0) is 18.2 Å². The van der Waals surface area contributed by atoms with Gasteiger partial charge in [0.1, 0.15) is 6.42 Å². The number of benzene rings is 1. The van der Waals surface area contributed by atoms with Gasteiger partial charge < -0.3 is 5.32 Å². The van der Waals surface area contributed by atoms with E-state index in [1.165, 1.54) is 6.07 Å². The second-order valence-corrected chi connectivity index (χ2v) is 4.83. The van der Waals surface area contributed by atoms with E-state index in [1.54, 1.807) is 6.07 Å². The number of nitrogens with zero attached hydrogens (tertiary/aromatic N) is 1. The molecule has 0 unspecified atom stereocenters. The summed E-state index contributed by atoms with van der Waals surface area (Å²) in [6, 6.07) is 4.95. The molecule has 1 amide bonds. The van der Waals surface area contributed by atoms with Crippen LogP contribution in [0.2, 0.25) is 5.02 Å². The average Bonchev–Trinajstić information content (AvgIpc) is 2.20. The standard InChI is InChI=1S/C9H7ClN2O4S/c10-7-2-1-6(17(14,15)16)5-8(7)12-9(13)3-4-11/h1-2,5H,3H2,(H,12,13)(H,14,15,16). The number of halogens is 1. The van der Waals surface area contributed by atoms with Crippen molar-refractivity contribution in [3.63, 3.8) is 0 Å². The zero-order valence-electron chi connectivity index (χ0n) is 8.34. The summed E-state index contributed by atoms with van der Waals surface area (Å²) in [5.74, 6) is -0.623. The van der Waals surface area contributed by atoms with Crippen molar-refractivity contribution >= 4 is 33.3 Å². The number of hydrogen-bond donors (Lipinski definition) is 2. The molecule has 0 saturated heterocycles. The van der Waals surface area contributed by atoms with Crippen molar-refractivity contribution in [2.24, 2.45) is 0 Å². The minimum atomic E-state index is -4.37. The fourth-order valence-corrected chi connectivity index (χ4v) is 1.70. The van der Waals surface area contributed by atoms with Crippen LogP contribution in [0, 0.1) is 11.3 Å². The highest BCUT2D eigenvalue weighted by atomic mass is 35.5. The number of rotatable bonds is 3. The van der Waals surface area contributed by atoms with Crippen LogP contribution in [-0.4, -0.2) is 18.9 Å². The van der Waals surface area contributed by atoms with Gasteiger partial charge in [0.25, 0.3) is 10.1 Å². The van der Waals surface area contributed by atoms with Crippen molar-refractivity contribution in [2.45, 2.75) is 11.3 Å². The lowest BCUT2D eigenvalue weighted by atomic mass is 10.3. The maximum absolute atomic E-state index is 11.1. The van der Waals surface area contributed by atoms with Crippen molar-refractivity contribution in [1.82, 2.24) is 0 Å². The number of hydrogen-bond acceptors (Lipinski definition) is 4. The van der Waals surface area contributed by atoms with Crippen molar-refractivity contribution in [1.29, 1.82) is 5.26 Å². The number of amides is 1. The van der Waals surface area contributed by atoms with Crippen molar-refractivity contribution < 1.29 is 17.8 Å². The lowest BCUT2D eigenvalue weighted by Crippen LogP contribution is -2.11. The first-order chi connectivity index (χ1) is 7.84. The van der Waals surface area contributed by atoms with Crippen LogP contribution in [0.15, 0.2) is 23.1 Å². The van der Waals surface area contributed by atoms with Gasteiger partial charge in [-0.3, -0.25) is 9.35 Å². The molecule has 1 aromatic carbocycles. The van der Waals surface area contributed by atoms with Crippen LogP contribution in [-0.2, 0) is 14.9 Å². The summed E-state index contributed by atoms with van der Waals surface area (Å²) in [7, 11) is -4.37. The maximum Gasteiger partial charge on any atom is 0.294 e. The van der Waals surface area contributed by atoms with Gasteiger partial charge >= 0.3 is 0 Å². The van der Waals surface area contributed by atoms with Crippen molar-refractivity contribution in [2.75, 3.05) is 5.32 Å². The Bertz CT molecular complexity index is 592. The molecule has 17 heavy (non-hydrogen) atoms. The molecule has 0 heterocycles. The normalized spacial score (nSPS) is 10.6. The molecule has 0 aliphatic rings. The van der Waals surface area contributed by atoms with E-state index in [4.69, 9.17) is 21.4 Å². The zero-order chi connectivity index (χ0) is 13.1. The quantitative estimate of drug-likeness (QED) is 0.811. The molecule has 0 aromatic heterocycles. The predicted octanol–water partition coefficient (Wildman–Crippen LogP) is 1.44. The molecule has 0 saturated carbocycles. The summed E-state index contributed by atoms with van der Waals surface area (Å²) < 4.78 is 30.5. The first kappa shape index (κ1) is 13.4. The Hall–Kier alpha value is -1.62. The van der Waals surface area contributed by atoms with E-state index < -0.39 is 20.9 Å². The molecular formula is C9H7ClN2O4S. The molecule has 0 aliphatic carbocycles. The van der Waals surface area contributed by atoms with Crippen LogP contribution in [0.5, 0.6) is 0 Å². The van der Waals surface area contributed by atoms with Gasteiger partial charge in [-0.1, -0.05) is 11.6 Å². The van der Waals surface area contributed by atoms with Gasteiger partial charge in [0.05, 0.1) is 21.7 Å². The Morgan fingerprint density at radius 2 is 2.18 bits per heavy atom. The number of nitrogens with one attached hydrogen (secondary N) is 1. The summed E-state index contributed by atoms with van der Waals surface area (Å²) in [5.41, 5.74) is 0.0158. The Morgan fingerprint density at radius 1 is 1.53 bits per heavy atom. The highest BCUT2D eigenvalue weighted by Crippen LogP contribution is 2.25. The highest BCUT2D eigenvalue weighted by molar-refractivity contribution is 7.85. The van der Waals surface area contributed by atoms with E-state index in [0.717, 1.165) is 12.1 Å². The first-order valence-electron chi connectivity index (χ1n) is 4.28. The lowest BCUT2D eigenvalue weighted by molar-refractivity contribution is -0.115. The third-order valence-electron chi connectivity index (χ3n) is 1.75. The largest absolute Gasteiger partial charge is 0.324 e. The summed E-state index contributed by atoms with van der Waals surface area (Å²) in [4.78, 5) is 10.7. The number of carbonyl (C=O) groups excluding carboxylic acids is 1. The molecular weight excluding hydrogens is 268 g/mol. The topological polar surface area (TPSA) is 107 Å². The minimum absolute atomic E-state index is 0.0158. The third kappa shape index (κ3) is 3.71. The Morgan fingerprint density at radius 3 is 2.71 bits per heavy atom. The summed E-state index contributed by atoms with van der Waals surface area (Å²) >= 11 is 5.72. The van der Waals surface area contributed by atoms with E-state index in [2.05, 4.69) is 5.32 Å². The Kier molecular flexibility index (Phi) is 4.07. The summed E-state index contributed by atoms with van der Waals surface area (Å²) in [5, 5.41) is 10.6. The molecule has 8 heteroatoms. The van der Waals surface area contributed by atoms with Crippen molar-refractivity contribution in [3.8, 4) is 6.07 Å². The maximum atomic E-state index is 11.1. The van der Waals surface area contributed by atoms with Gasteiger partial charge in [-0.25, -0.2) is 0 Å². The molecule has 2 N–H and O–H groups in total. The molecule has 90 valence electrons. The average molecular weight is 275 g/mol. The molecule has 0 fully saturated rings. The number of nitriles is 1. The Labute approximate surface area is 103 Å². The second kappa shape index (κ2) is 5.14. The van der Waals surface area contributed by atoms with Crippen LogP contribution in [0.4, 0.5) is 5.69 Å². The lowest BCUT2D eigenvalue weighted by Gasteiger charge is -2.06. The van der Waals surface area contributed by atoms with Gasteiger partial charge in [-0.15, -0.1) is 0 Å². The Balaban J connectivity index is 3.08. The third-order valence-corrected chi connectivity index (χ3v) is 2.93. The second-order valence-electron chi connectivity index (χ2n) is 3.00. The molecule has 1 aromatic rings. The van der Waals surface area contributed by atoms with Crippen molar-refractivity contribution in [3.05, 3.63) is 23.2 Å². The van der Waals surface area contributed by atoms with Crippen LogP contribution >= 0.6 is 11.6 Å². The van der Waals surface area contributed by atoms with E-state index in [0.29, 0.717) is 0 Å². The molecule has 0 bridgehead atoms. The zero-order valence-corrected chi connectivity index (χ0v) is 9.92. The molecule has 0 aliphatic heterocycles. The monoisotopic (exact) mass is 274 g/mol. The van der Waals surface area contributed by atoms with E-state index in [9.17, 15) is 13.2 Å². The predicted molar refractivity (Wildman–Crippen MR) is 60.1 cm³/mol. The van der Waals surface area contributed by atoms with Gasteiger partial charge in [0.2, 0.25) is 5.91 Å². The van der Waals surface area contributed by atoms with E-state index in [1.807, 2.05) is 0 Å². The molecule has 6 nitrogen and oxygen atoms in total. The summed E-state index contributed by atoms with van der Waals surface area (Å²) in [6.07, 6.45) is -0.383. The molecule has 0 radical (unpaired) electrons. The minimum Gasteiger partial charge on any atom is -0.324 e.